The number of anilines is 1. The summed E-state index contributed by atoms with van der Waals surface area (Å²) in [6, 6.07) is 14.6. The van der Waals surface area contributed by atoms with Crippen LogP contribution >= 0.6 is 15.9 Å². The van der Waals surface area contributed by atoms with Crippen molar-refractivity contribution in [3.63, 3.8) is 0 Å². The van der Waals surface area contributed by atoms with Crippen LogP contribution in [0.5, 0.6) is 0 Å². The highest BCUT2D eigenvalue weighted by Crippen LogP contribution is 2.46. The number of ketones is 1. The minimum atomic E-state index is -0.814. The van der Waals surface area contributed by atoms with Crippen LogP contribution in [-0.2, 0) is 9.59 Å². The first kappa shape index (κ1) is 18.0. The molecule has 0 spiro atoms. The van der Waals surface area contributed by atoms with Gasteiger partial charge >= 0.3 is 0 Å². The Labute approximate surface area is 175 Å². The van der Waals surface area contributed by atoms with E-state index < -0.39 is 23.9 Å². The number of hydrogen-bond acceptors (Lipinski definition) is 5. The molecule has 29 heavy (non-hydrogen) atoms. The predicted molar refractivity (Wildman–Crippen MR) is 111 cm³/mol. The molecule has 2 aromatic rings. The maximum absolute atomic E-state index is 13.4. The SMILES string of the molecule is O=C(c1ccccc1)[C@H]1[C@H]2C(=O)N(c3ccc(Br)cc3)C(=O)[C@@H]2[C@H]2C=CC=NN21. The fourth-order valence-electron chi connectivity index (χ4n) is 4.46. The zero-order valence-corrected chi connectivity index (χ0v) is 16.8. The van der Waals surface area contributed by atoms with E-state index >= 15 is 0 Å². The highest BCUT2D eigenvalue weighted by molar-refractivity contribution is 9.10. The van der Waals surface area contributed by atoms with Gasteiger partial charge in [-0.1, -0.05) is 52.3 Å². The molecule has 0 unspecified atom stereocenters. The van der Waals surface area contributed by atoms with E-state index in [0.29, 0.717) is 11.3 Å². The Balaban J connectivity index is 1.58. The molecule has 3 heterocycles. The van der Waals surface area contributed by atoms with Gasteiger partial charge in [0.2, 0.25) is 11.8 Å². The number of nitrogens with zero attached hydrogens (tertiary/aromatic N) is 3. The minimum absolute atomic E-state index is 0.200. The van der Waals surface area contributed by atoms with Gasteiger partial charge in [-0.3, -0.25) is 19.4 Å². The second kappa shape index (κ2) is 6.77. The zero-order valence-electron chi connectivity index (χ0n) is 15.2. The van der Waals surface area contributed by atoms with Crippen LogP contribution in [0, 0.1) is 11.8 Å². The lowest BCUT2D eigenvalue weighted by atomic mass is 9.86. The van der Waals surface area contributed by atoms with Crippen molar-refractivity contribution < 1.29 is 14.4 Å². The molecule has 0 N–H and O–H groups in total. The average molecular weight is 450 g/mol. The number of carbonyl (C=O) groups excluding carboxylic acids is 3. The Morgan fingerprint density at radius 3 is 2.34 bits per heavy atom. The normalized spacial score (nSPS) is 27.3. The molecular formula is C22H16BrN3O3. The van der Waals surface area contributed by atoms with Crippen LogP contribution in [0.1, 0.15) is 10.4 Å². The summed E-state index contributed by atoms with van der Waals surface area (Å²) >= 11 is 3.37. The van der Waals surface area contributed by atoms with E-state index in [1.165, 1.54) is 4.90 Å². The molecule has 2 saturated heterocycles. The van der Waals surface area contributed by atoms with Crippen LogP contribution in [-0.4, -0.2) is 40.9 Å². The topological polar surface area (TPSA) is 70.0 Å². The van der Waals surface area contributed by atoms with E-state index in [1.807, 2.05) is 12.1 Å². The number of fused-ring (bicyclic) bond motifs is 3. The molecule has 3 aliphatic heterocycles. The van der Waals surface area contributed by atoms with Crippen molar-refractivity contribution in [2.75, 3.05) is 4.90 Å². The maximum Gasteiger partial charge on any atom is 0.240 e. The molecule has 0 bridgehead atoms. The number of hydrazone groups is 1. The second-order valence-electron chi connectivity index (χ2n) is 7.24. The molecule has 0 aliphatic carbocycles. The van der Waals surface area contributed by atoms with Gasteiger partial charge < -0.3 is 0 Å². The van der Waals surface area contributed by atoms with Gasteiger partial charge in [0.05, 0.1) is 23.6 Å². The number of amides is 2. The molecule has 4 atom stereocenters. The van der Waals surface area contributed by atoms with Crippen molar-refractivity contribution in [2.24, 2.45) is 16.9 Å². The first-order valence-electron chi connectivity index (χ1n) is 9.29. The Kier molecular flexibility index (Phi) is 4.20. The molecule has 0 saturated carbocycles. The number of rotatable bonds is 3. The molecule has 0 aromatic heterocycles. The maximum atomic E-state index is 13.4. The highest BCUT2D eigenvalue weighted by Gasteiger charge is 2.64. The number of carbonyl (C=O) groups is 3. The van der Waals surface area contributed by atoms with Crippen LogP contribution in [0.15, 0.2) is 76.3 Å². The monoisotopic (exact) mass is 449 g/mol. The summed E-state index contributed by atoms with van der Waals surface area (Å²) in [7, 11) is 0. The van der Waals surface area contributed by atoms with Gasteiger partial charge in [-0.05, 0) is 30.3 Å². The van der Waals surface area contributed by atoms with E-state index in [0.717, 1.165) is 4.47 Å². The molecule has 2 aromatic carbocycles. The van der Waals surface area contributed by atoms with E-state index in [-0.39, 0.29) is 17.6 Å². The lowest BCUT2D eigenvalue weighted by Gasteiger charge is -2.30. The van der Waals surface area contributed by atoms with E-state index in [1.54, 1.807) is 65.8 Å². The molecule has 3 aliphatic rings. The van der Waals surface area contributed by atoms with Gasteiger partial charge in [-0.25, -0.2) is 4.90 Å². The van der Waals surface area contributed by atoms with Gasteiger partial charge in [0.1, 0.15) is 6.04 Å². The summed E-state index contributed by atoms with van der Waals surface area (Å²) < 4.78 is 0.855. The summed E-state index contributed by atoms with van der Waals surface area (Å²) in [6.45, 7) is 0. The van der Waals surface area contributed by atoms with E-state index in [4.69, 9.17) is 0 Å². The first-order valence-corrected chi connectivity index (χ1v) is 10.1. The summed E-state index contributed by atoms with van der Waals surface area (Å²) in [5, 5.41) is 5.98. The Morgan fingerprint density at radius 2 is 1.62 bits per heavy atom. The number of benzene rings is 2. The highest BCUT2D eigenvalue weighted by atomic mass is 79.9. The number of Topliss-reactive ketones (excluding diaryl/α,β-unsaturated/α-hetero) is 1. The van der Waals surface area contributed by atoms with E-state index in [2.05, 4.69) is 21.0 Å². The molecule has 2 fully saturated rings. The number of hydrogen-bond donors (Lipinski definition) is 0. The average Bonchev–Trinajstić information content (AvgIpc) is 3.22. The van der Waals surface area contributed by atoms with Gasteiger partial charge in [0, 0.05) is 16.3 Å². The van der Waals surface area contributed by atoms with Crippen molar-refractivity contribution in [3.05, 3.63) is 76.8 Å². The van der Waals surface area contributed by atoms with Gasteiger partial charge in [-0.2, -0.15) is 5.10 Å². The van der Waals surface area contributed by atoms with Crippen LogP contribution < -0.4 is 4.90 Å². The summed E-state index contributed by atoms with van der Waals surface area (Å²) in [5.41, 5.74) is 1.02. The third-order valence-electron chi connectivity index (χ3n) is 5.70. The number of allylic oxidation sites excluding steroid dienone is 1. The van der Waals surface area contributed by atoms with Crippen LogP contribution in [0.3, 0.4) is 0 Å². The van der Waals surface area contributed by atoms with Crippen molar-refractivity contribution in [3.8, 4) is 0 Å². The van der Waals surface area contributed by atoms with Gasteiger partial charge in [-0.15, -0.1) is 0 Å². The molecule has 7 heteroatoms. The third kappa shape index (κ3) is 2.68. The van der Waals surface area contributed by atoms with Crippen molar-refractivity contribution in [2.45, 2.75) is 12.1 Å². The fourth-order valence-corrected chi connectivity index (χ4v) is 4.72. The summed E-state index contributed by atoms with van der Waals surface area (Å²) in [5.74, 6) is -2.26. The molecule has 2 amide bonds. The van der Waals surface area contributed by atoms with Gasteiger partial charge in [0.15, 0.2) is 5.78 Å². The fraction of sp³-hybridized carbons (Fsp3) is 0.182. The van der Waals surface area contributed by atoms with Crippen molar-refractivity contribution >= 4 is 45.4 Å². The van der Waals surface area contributed by atoms with Crippen molar-refractivity contribution in [1.82, 2.24) is 5.01 Å². The smallest absolute Gasteiger partial charge is 0.240 e. The Bertz CT molecular complexity index is 1060. The van der Waals surface area contributed by atoms with Crippen LogP contribution in [0.25, 0.3) is 0 Å². The zero-order chi connectivity index (χ0) is 20.1. The molecule has 5 rings (SSSR count). The van der Waals surface area contributed by atoms with Crippen molar-refractivity contribution in [1.29, 1.82) is 0 Å². The molecule has 0 radical (unpaired) electrons. The molecule has 6 nitrogen and oxygen atoms in total. The standard InChI is InChI=1S/C22H16BrN3O3/c23-14-8-10-15(11-9-14)25-21(28)17-16-7-4-12-24-26(16)19(18(17)22(25)29)20(27)13-5-2-1-3-6-13/h1-12,16-19H/t16-,17-,18+,19-/m1/s1. The Morgan fingerprint density at radius 1 is 0.931 bits per heavy atom. The summed E-state index contributed by atoms with van der Waals surface area (Å²) in [6.07, 6.45) is 5.19. The van der Waals surface area contributed by atoms with E-state index in [9.17, 15) is 14.4 Å². The lowest BCUT2D eigenvalue weighted by Crippen LogP contribution is -2.46. The van der Waals surface area contributed by atoms with Crippen LogP contribution in [0.4, 0.5) is 5.69 Å². The van der Waals surface area contributed by atoms with Crippen LogP contribution in [0.2, 0.25) is 0 Å². The Hall–Kier alpha value is -3.06. The number of imide groups is 1. The minimum Gasteiger partial charge on any atom is -0.292 e. The quantitative estimate of drug-likeness (QED) is 0.533. The third-order valence-corrected chi connectivity index (χ3v) is 6.23. The first-order chi connectivity index (χ1) is 14.1. The summed E-state index contributed by atoms with van der Waals surface area (Å²) in [4.78, 5) is 41.3. The lowest BCUT2D eigenvalue weighted by molar-refractivity contribution is -0.123. The predicted octanol–water partition coefficient (Wildman–Crippen LogP) is 3.05. The molecular weight excluding hydrogens is 434 g/mol. The molecule has 144 valence electrons. The largest absolute Gasteiger partial charge is 0.292 e. The number of halogens is 1. The van der Waals surface area contributed by atoms with Gasteiger partial charge in [0.25, 0.3) is 0 Å². The second-order valence-corrected chi connectivity index (χ2v) is 8.15.